The van der Waals surface area contributed by atoms with Crippen molar-refractivity contribution in [1.29, 1.82) is 0 Å². The lowest BCUT2D eigenvalue weighted by molar-refractivity contribution is 0.0963. The molecule has 0 aromatic heterocycles. The average Bonchev–Trinajstić information content (AvgIpc) is 2.31. The molecule has 0 radical (unpaired) electrons. The summed E-state index contributed by atoms with van der Waals surface area (Å²) in [5.41, 5.74) is 2.92. The van der Waals surface area contributed by atoms with Crippen molar-refractivity contribution in [2.24, 2.45) is 0 Å². The van der Waals surface area contributed by atoms with Crippen molar-refractivity contribution < 1.29 is 4.79 Å². The number of carbonyl (C=O) groups is 1. The zero-order chi connectivity index (χ0) is 12.8. The lowest BCUT2D eigenvalue weighted by Gasteiger charge is -2.16. The highest BCUT2D eigenvalue weighted by Crippen LogP contribution is 2.18. The predicted molar refractivity (Wildman–Crippen MR) is 72.6 cm³/mol. The molecule has 0 aliphatic rings. The molecule has 0 fully saturated rings. The van der Waals surface area contributed by atoms with Crippen LogP contribution in [-0.4, -0.2) is 19.0 Å². The van der Waals surface area contributed by atoms with Crippen LogP contribution in [0.3, 0.4) is 0 Å². The van der Waals surface area contributed by atoms with Gasteiger partial charge in [-0.15, -0.1) is 0 Å². The molecular weight excluding hydrogens is 212 g/mol. The van der Waals surface area contributed by atoms with Gasteiger partial charge in [0.15, 0.2) is 0 Å². The van der Waals surface area contributed by atoms with Crippen molar-refractivity contribution in [2.45, 2.75) is 39.7 Å². The fourth-order valence-electron chi connectivity index (χ4n) is 1.88. The lowest BCUT2D eigenvalue weighted by atomic mass is 10.1. The Bertz CT molecular complexity index is 388. The predicted octanol–water partition coefficient (Wildman–Crippen LogP) is 2.96. The second-order valence-corrected chi connectivity index (χ2v) is 4.44. The van der Waals surface area contributed by atoms with Gasteiger partial charge in [-0.2, -0.15) is 0 Å². The molecule has 0 heterocycles. The summed E-state index contributed by atoms with van der Waals surface area (Å²) in [6.45, 7) is 6.38. The number of amides is 1. The zero-order valence-electron chi connectivity index (χ0n) is 11.1. The Morgan fingerprint density at radius 1 is 1.41 bits per heavy atom. The van der Waals surface area contributed by atoms with Crippen LogP contribution in [0.25, 0.3) is 0 Å². The van der Waals surface area contributed by atoms with Crippen LogP contribution in [0.15, 0.2) is 18.2 Å². The zero-order valence-corrected chi connectivity index (χ0v) is 11.1. The monoisotopic (exact) mass is 234 g/mol. The molecule has 0 aliphatic carbocycles. The lowest BCUT2D eigenvalue weighted by Crippen LogP contribution is -2.19. The summed E-state index contributed by atoms with van der Waals surface area (Å²) in [7, 11) is 1.65. The Hall–Kier alpha value is -1.51. The highest BCUT2D eigenvalue weighted by molar-refractivity contribution is 5.94. The second kappa shape index (κ2) is 6.28. The molecule has 0 spiro atoms. The Morgan fingerprint density at radius 3 is 2.65 bits per heavy atom. The van der Waals surface area contributed by atoms with E-state index >= 15 is 0 Å². The summed E-state index contributed by atoms with van der Waals surface area (Å²) in [6, 6.07) is 6.21. The van der Waals surface area contributed by atoms with Crippen LogP contribution in [-0.2, 0) is 0 Å². The maximum Gasteiger partial charge on any atom is 0.251 e. The molecule has 3 nitrogen and oxygen atoms in total. The van der Waals surface area contributed by atoms with Crippen LogP contribution in [0.5, 0.6) is 0 Å². The van der Waals surface area contributed by atoms with Gasteiger partial charge in [-0.1, -0.05) is 13.3 Å². The van der Waals surface area contributed by atoms with Crippen molar-refractivity contribution in [2.75, 3.05) is 12.4 Å². The first-order valence-corrected chi connectivity index (χ1v) is 6.17. The molecule has 17 heavy (non-hydrogen) atoms. The highest BCUT2D eigenvalue weighted by atomic mass is 16.1. The van der Waals surface area contributed by atoms with E-state index in [1.807, 2.05) is 25.1 Å². The third-order valence-corrected chi connectivity index (χ3v) is 2.84. The number of benzene rings is 1. The fourth-order valence-corrected chi connectivity index (χ4v) is 1.88. The first-order valence-electron chi connectivity index (χ1n) is 6.17. The molecular formula is C14H22N2O. The van der Waals surface area contributed by atoms with Gasteiger partial charge in [0.2, 0.25) is 0 Å². The minimum atomic E-state index is -0.0405. The summed E-state index contributed by atoms with van der Waals surface area (Å²) in [6.07, 6.45) is 2.32. The van der Waals surface area contributed by atoms with Gasteiger partial charge in [0.25, 0.3) is 5.91 Å². The van der Waals surface area contributed by atoms with E-state index in [1.54, 1.807) is 7.05 Å². The van der Waals surface area contributed by atoms with Gasteiger partial charge >= 0.3 is 0 Å². The molecule has 3 heteroatoms. The molecule has 0 bridgehead atoms. The molecule has 0 aliphatic heterocycles. The fraction of sp³-hybridized carbons (Fsp3) is 0.500. The largest absolute Gasteiger partial charge is 0.382 e. The van der Waals surface area contributed by atoms with E-state index in [-0.39, 0.29) is 5.91 Å². The van der Waals surface area contributed by atoms with Gasteiger partial charge in [0.05, 0.1) is 0 Å². The standard InChI is InChI=1S/C14H22N2O/c1-5-6-11(3)16-13-8-7-12(9-10(13)2)14(17)15-4/h7-9,11,16H,5-6H2,1-4H3,(H,15,17). The van der Waals surface area contributed by atoms with Crippen LogP contribution >= 0.6 is 0 Å². The van der Waals surface area contributed by atoms with Gasteiger partial charge in [-0.3, -0.25) is 4.79 Å². The van der Waals surface area contributed by atoms with E-state index in [1.165, 1.54) is 6.42 Å². The normalized spacial score (nSPS) is 12.0. The van der Waals surface area contributed by atoms with E-state index in [4.69, 9.17) is 0 Å². The first kappa shape index (κ1) is 13.6. The van der Waals surface area contributed by atoms with Crippen LogP contribution in [0, 0.1) is 6.92 Å². The molecule has 2 N–H and O–H groups in total. The minimum absolute atomic E-state index is 0.0405. The summed E-state index contributed by atoms with van der Waals surface area (Å²) >= 11 is 0. The molecule has 1 aromatic carbocycles. The summed E-state index contributed by atoms with van der Waals surface area (Å²) < 4.78 is 0. The second-order valence-electron chi connectivity index (χ2n) is 4.44. The van der Waals surface area contributed by atoms with Crippen molar-refractivity contribution in [1.82, 2.24) is 5.32 Å². The van der Waals surface area contributed by atoms with Crippen LogP contribution in [0.1, 0.15) is 42.6 Å². The third-order valence-electron chi connectivity index (χ3n) is 2.84. The number of anilines is 1. The van der Waals surface area contributed by atoms with Crippen molar-refractivity contribution in [3.8, 4) is 0 Å². The summed E-state index contributed by atoms with van der Waals surface area (Å²) in [5.74, 6) is -0.0405. The topological polar surface area (TPSA) is 41.1 Å². The molecule has 1 atom stereocenters. The maximum atomic E-state index is 11.5. The molecule has 1 aromatic rings. The van der Waals surface area contributed by atoms with Gasteiger partial charge in [-0.05, 0) is 44.0 Å². The van der Waals surface area contributed by atoms with Crippen molar-refractivity contribution >= 4 is 11.6 Å². The van der Waals surface area contributed by atoms with E-state index in [0.29, 0.717) is 11.6 Å². The average molecular weight is 234 g/mol. The van der Waals surface area contributed by atoms with E-state index in [9.17, 15) is 4.79 Å². The van der Waals surface area contributed by atoms with Crippen LogP contribution < -0.4 is 10.6 Å². The van der Waals surface area contributed by atoms with Crippen molar-refractivity contribution in [3.05, 3.63) is 29.3 Å². The number of rotatable bonds is 5. The summed E-state index contributed by atoms with van der Waals surface area (Å²) in [5, 5.41) is 6.09. The Balaban J connectivity index is 2.79. The number of hydrogen-bond donors (Lipinski definition) is 2. The molecule has 1 amide bonds. The number of carbonyl (C=O) groups excluding carboxylic acids is 1. The quantitative estimate of drug-likeness (QED) is 0.822. The van der Waals surface area contributed by atoms with E-state index in [0.717, 1.165) is 17.7 Å². The molecule has 1 unspecified atom stereocenters. The number of nitrogens with one attached hydrogen (secondary N) is 2. The number of hydrogen-bond acceptors (Lipinski definition) is 2. The van der Waals surface area contributed by atoms with Crippen LogP contribution in [0.4, 0.5) is 5.69 Å². The smallest absolute Gasteiger partial charge is 0.251 e. The highest BCUT2D eigenvalue weighted by Gasteiger charge is 2.07. The Morgan fingerprint density at radius 2 is 2.12 bits per heavy atom. The SMILES string of the molecule is CCCC(C)Nc1ccc(C(=O)NC)cc1C. The molecule has 94 valence electrons. The van der Waals surface area contributed by atoms with Crippen molar-refractivity contribution in [3.63, 3.8) is 0 Å². The first-order chi connectivity index (χ1) is 8.08. The van der Waals surface area contributed by atoms with Gasteiger partial charge in [-0.25, -0.2) is 0 Å². The Kier molecular flexibility index (Phi) is 5.01. The van der Waals surface area contributed by atoms with Gasteiger partial charge in [0, 0.05) is 24.3 Å². The summed E-state index contributed by atoms with van der Waals surface area (Å²) in [4.78, 5) is 11.5. The number of aryl methyl sites for hydroxylation is 1. The molecule has 1 rings (SSSR count). The minimum Gasteiger partial charge on any atom is -0.382 e. The van der Waals surface area contributed by atoms with Crippen LogP contribution in [0.2, 0.25) is 0 Å². The maximum absolute atomic E-state index is 11.5. The Labute approximate surface area is 104 Å². The third kappa shape index (κ3) is 3.77. The van der Waals surface area contributed by atoms with E-state index in [2.05, 4.69) is 24.5 Å². The van der Waals surface area contributed by atoms with E-state index < -0.39 is 0 Å². The van der Waals surface area contributed by atoms with Gasteiger partial charge < -0.3 is 10.6 Å². The molecule has 0 saturated heterocycles. The van der Waals surface area contributed by atoms with Gasteiger partial charge in [0.1, 0.15) is 0 Å². The molecule has 0 saturated carbocycles.